The van der Waals surface area contributed by atoms with Gasteiger partial charge in [0.2, 0.25) is 0 Å². The van der Waals surface area contributed by atoms with Crippen molar-refractivity contribution in [3.63, 3.8) is 0 Å². The molecule has 124 valence electrons. The lowest BCUT2D eigenvalue weighted by Gasteiger charge is -2.16. The second-order valence-electron chi connectivity index (χ2n) is 6.00. The molecule has 0 spiro atoms. The standard InChI is InChI=1S/C21H22O3/c1-23-20-14-12-17(15-21(20)24-18-9-5-6-10-18)19(22)13-11-16-7-3-2-4-8-16/h2-4,7-8,11-15,18H,5-6,9-10H2,1H3/b13-11+. The molecular formula is C21H22O3. The SMILES string of the molecule is COc1ccc(C(=O)/C=C/c2ccccc2)cc1OC1CCCC1. The summed E-state index contributed by atoms with van der Waals surface area (Å²) >= 11 is 0. The van der Waals surface area contributed by atoms with Gasteiger partial charge in [0.05, 0.1) is 13.2 Å². The van der Waals surface area contributed by atoms with Crippen molar-refractivity contribution in [2.24, 2.45) is 0 Å². The largest absolute Gasteiger partial charge is 0.493 e. The van der Waals surface area contributed by atoms with Gasteiger partial charge in [0.1, 0.15) is 0 Å². The Morgan fingerprint density at radius 2 is 1.79 bits per heavy atom. The van der Waals surface area contributed by atoms with Gasteiger partial charge in [-0.05, 0) is 55.5 Å². The van der Waals surface area contributed by atoms with Crippen LogP contribution in [0.5, 0.6) is 11.5 Å². The molecule has 2 aromatic rings. The number of methoxy groups -OCH3 is 1. The number of rotatable bonds is 6. The highest BCUT2D eigenvalue weighted by molar-refractivity contribution is 6.07. The summed E-state index contributed by atoms with van der Waals surface area (Å²) < 4.78 is 11.4. The Hall–Kier alpha value is -2.55. The van der Waals surface area contributed by atoms with Gasteiger partial charge in [-0.1, -0.05) is 36.4 Å². The van der Waals surface area contributed by atoms with Crippen molar-refractivity contribution in [2.45, 2.75) is 31.8 Å². The van der Waals surface area contributed by atoms with Gasteiger partial charge in [0, 0.05) is 5.56 Å². The third-order valence-electron chi connectivity index (χ3n) is 4.27. The number of benzene rings is 2. The number of allylic oxidation sites excluding steroid dienone is 1. The summed E-state index contributed by atoms with van der Waals surface area (Å²) in [5.74, 6) is 1.28. The van der Waals surface area contributed by atoms with E-state index in [1.807, 2.05) is 36.4 Å². The fourth-order valence-corrected chi connectivity index (χ4v) is 2.94. The van der Waals surface area contributed by atoms with Gasteiger partial charge < -0.3 is 9.47 Å². The van der Waals surface area contributed by atoms with Crippen LogP contribution in [0.1, 0.15) is 41.6 Å². The van der Waals surface area contributed by atoms with Crippen molar-refractivity contribution >= 4 is 11.9 Å². The lowest BCUT2D eigenvalue weighted by Crippen LogP contribution is -2.12. The maximum absolute atomic E-state index is 12.4. The molecule has 1 aliphatic carbocycles. The van der Waals surface area contributed by atoms with Crippen LogP contribution in [-0.4, -0.2) is 19.0 Å². The second kappa shape index (κ2) is 7.82. The molecular weight excluding hydrogens is 300 g/mol. The van der Waals surface area contributed by atoms with Gasteiger partial charge >= 0.3 is 0 Å². The molecule has 0 heterocycles. The summed E-state index contributed by atoms with van der Waals surface area (Å²) in [5.41, 5.74) is 1.61. The van der Waals surface area contributed by atoms with Crippen LogP contribution in [0.2, 0.25) is 0 Å². The quantitative estimate of drug-likeness (QED) is 0.560. The molecule has 0 aliphatic heterocycles. The molecule has 0 N–H and O–H groups in total. The fourth-order valence-electron chi connectivity index (χ4n) is 2.94. The average molecular weight is 322 g/mol. The lowest BCUT2D eigenvalue weighted by molar-refractivity contribution is 0.104. The Morgan fingerprint density at radius 1 is 1.04 bits per heavy atom. The molecule has 0 atom stereocenters. The minimum atomic E-state index is -0.0437. The Kier molecular flexibility index (Phi) is 5.32. The van der Waals surface area contributed by atoms with Crippen molar-refractivity contribution in [3.8, 4) is 11.5 Å². The summed E-state index contributed by atoms with van der Waals surface area (Å²) in [5, 5.41) is 0. The summed E-state index contributed by atoms with van der Waals surface area (Å²) in [6.45, 7) is 0. The Bertz CT molecular complexity index is 713. The Balaban J connectivity index is 1.77. The number of carbonyl (C=O) groups is 1. The molecule has 0 bridgehead atoms. The predicted octanol–water partition coefficient (Wildman–Crippen LogP) is 4.91. The van der Waals surface area contributed by atoms with Crippen LogP contribution in [0.4, 0.5) is 0 Å². The first kappa shape index (κ1) is 16.3. The van der Waals surface area contributed by atoms with Gasteiger partial charge in [-0.3, -0.25) is 4.79 Å². The van der Waals surface area contributed by atoms with Crippen molar-refractivity contribution in [1.29, 1.82) is 0 Å². The van der Waals surface area contributed by atoms with E-state index in [0.29, 0.717) is 17.1 Å². The number of ketones is 1. The number of hydrogen-bond donors (Lipinski definition) is 0. The third kappa shape index (κ3) is 4.05. The molecule has 1 saturated carbocycles. The van der Waals surface area contributed by atoms with E-state index in [-0.39, 0.29) is 11.9 Å². The van der Waals surface area contributed by atoms with E-state index in [2.05, 4.69) is 0 Å². The van der Waals surface area contributed by atoms with E-state index < -0.39 is 0 Å². The minimum absolute atomic E-state index is 0.0437. The van der Waals surface area contributed by atoms with E-state index in [9.17, 15) is 4.79 Å². The molecule has 1 fully saturated rings. The van der Waals surface area contributed by atoms with Crippen LogP contribution in [-0.2, 0) is 0 Å². The van der Waals surface area contributed by atoms with Crippen molar-refractivity contribution in [3.05, 3.63) is 65.7 Å². The number of carbonyl (C=O) groups excluding carboxylic acids is 1. The normalized spacial score (nSPS) is 14.9. The highest BCUT2D eigenvalue weighted by Gasteiger charge is 2.19. The third-order valence-corrected chi connectivity index (χ3v) is 4.27. The van der Waals surface area contributed by atoms with Crippen LogP contribution in [0.25, 0.3) is 6.08 Å². The number of hydrogen-bond acceptors (Lipinski definition) is 3. The van der Waals surface area contributed by atoms with Gasteiger partial charge in [0.25, 0.3) is 0 Å². The van der Waals surface area contributed by atoms with Gasteiger partial charge in [-0.2, -0.15) is 0 Å². The first-order valence-electron chi connectivity index (χ1n) is 8.38. The summed E-state index contributed by atoms with van der Waals surface area (Å²) in [6, 6.07) is 15.1. The van der Waals surface area contributed by atoms with Crippen molar-refractivity contribution in [2.75, 3.05) is 7.11 Å². The first-order chi connectivity index (χ1) is 11.8. The second-order valence-corrected chi connectivity index (χ2v) is 6.00. The molecule has 24 heavy (non-hydrogen) atoms. The van der Waals surface area contributed by atoms with Crippen LogP contribution in [0.3, 0.4) is 0 Å². The predicted molar refractivity (Wildman–Crippen MR) is 95.7 cm³/mol. The molecule has 0 aromatic heterocycles. The monoisotopic (exact) mass is 322 g/mol. The topological polar surface area (TPSA) is 35.5 Å². The smallest absolute Gasteiger partial charge is 0.185 e. The van der Waals surface area contributed by atoms with Crippen molar-refractivity contribution < 1.29 is 14.3 Å². The minimum Gasteiger partial charge on any atom is -0.493 e. The molecule has 3 nitrogen and oxygen atoms in total. The van der Waals surface area contributed by atoms with E-state index in [1.165, 1.54) is 12.8 Å². The molecule has 3 rings (SSSR count). The first-order valence-corrected chi connectivity index (χ1v) is 8.38. The molecule has 0 amide bonds. The Morgan fingerprint density at radius 3 is 2.50 bits per heavy atom. The van der Waals surface area contributed by atoms with Crippen LogP contribution in [0.15, 0.2) is 54.6 Å². The molecule has 1 aliphatic rings. The van der Waals surface area contributed by atoms with E-state index in [0.717, 1.165) is 18.4 Å². The van der Waals surface area contributed by atoms with E-state index in [1.54, 1.807) is 31.4 Å². The zero-order chi connectivity index (χ0) is 16.8. The number of ether oxygens (including phenoxy) is 2. The zero-order valence-electron chi connectivity index (χ0n) is 13.9. The fraction of sp³-hybridized carbons (Fsp3) is 0.286. The lowest BCUT2D eigenvalue weighted by atomic mass is 10.1. The van der Waals surface area contributed by atoms with Crippen LogP contribution in [0, 0.1) is 0 Å². The maximum Gasteiger partial charge on any atom is 0.185 e. The highest BCUT2D eigenvalue weighted by Crippen LogP contribution is 2.32. The van der Waals surface area contributed by atoms with Crippen LogP contribution < -0.4 is 9.47 Å². The summed E-state index contributed by atoms with van der Waals surface area (Å²) in [7, 11) is 1.62. The van der Waals surface area contributed by atoms with E-state index >= 15 is 0 Å². The Labute approximate surface area is 142 Å². The highest BCUT2D eigenvalue weighted by atomic mass is 16.5. The summed E-state index contributed by atoms with van der Waals surface area (Å²) in [4.78, 5) is 12.4. The zero-order valence-corrected chi connectivity index (χ0v) is 13.9. The average Bonchev–Trinajstić information content (AvgIpc) is 3.13. The molecule has 0 saturated heterocycles. The molecule has 0 radical (unpaired) electrons. The summed E-state index contributed by atoms with van der Waals surface area (Å²) in [6.07, 6.45) is 8.17. The van der Waals surface area contributed by atoms with Gasteiger partial charge in [-0.15, -0.1) is 0 Å². The van der Waals surface area contributed by atoms with Gasteiger partial charge in [0.15, 0.2) is 17.3 Å². The van der Waals surface area contributed by atoms with Crippen LogP contribution >= 0.6 is 0 Å². The maximum atomic E-state index is 12.4. The van der Waals surface area contributed by atoms with Crippen molar-refractivity contribution in [1.82, 2.24) is 0 Å². The van der Waals surface area contributed by atoms with E-state index in [4.69, 9.17) is 9.47 Å². The molecule has 3 heteroatoms. The molecule has 2 aromatic carbocycles. The van der Waals surface area contributed by atoms with Gasteiger partial charge in [-0.25, -0.2) is 0 Å². The molecule has 0 unspecified atom stereocenters.